The summed E-state index contributed by atoms with van der Waals surface area (Å²) >= 11 is 0. The number of nitrogens with zero attached hydrogens (tertiary/aromatic N) is 2. The molecule has 1 atom stereocenters. The average Bonchev–Trinajstić information content (AvgIpc) is 2.76. The third-order valence-corrected chi connectivity index (χ3v) is 3.53. The molecule has 0 radical (unpaired) electrons. The maximum absolute atomic E-state index is 12.8. The molecule has 0 spiro atoms. The quantitative estimate of drug-likeness (QED) is 0.840. The third-order valence-electron chi connectivity index (χ3n) is 3.53. The maximum atomic E-state index is 12.8. The van der Waals surface area contributed by atoms with E-state index in [9.17, 15) is 13.2 Å². The Morgan fingerprint density at radius 3 is 2.47 bits per heavy atom. The molecule has 1 aliphatic rings. The van der Waals surface area contributed by atoms with Crippen LogP contribution in [0.3, 0.4) is 0 Å². The number of likely N-dealkylation sites (N-methyl/N-ethyl adjacent to an activating group) is 1. The Hall–Kier alpha value is -1.43. The number of nitrogen functional groups attached to an aromatic ring is 1. The first-order valence-electron chi connectivity index (χ1n) is 6.16. The standard InChI is InChI=1S/C13H18F3N3/c1-18(2)11-3-4-19(8-11)12-6-9(13(14,15)16)5-10(17)7-12/h5-7,11H,3-4,8,17H2,1-2H3. The van der Waals surface area contributed by atoms with E-state index in [-0.39, 0.29) is 5.69 Å². The summed E-state index contributed by atoms with van der Waals surface area (Å²) in [5.41, 5.74) is 5.60. The minimum absolute atomic E-state index is 0.151. The van der Waals surface area contributed by atoms with Crippen LogP contribution in [0.25, 0.3) is 0 Å². The summed E-state index contributed by atoms with van der Waals surface area (Å²) < 4.78 is 38.3. The van der Waals surface area contributed by atoms with Crippen molar-refractivity contribution in [3.63, 3.8) is 0 Å². The number of alkyl halides is 3. The first kappa shape index (κ1) is 14.0. The summed E-state index contributed by atoms with van der Waals surface area (Å²) in [5, 5.41) is 0. The molecule has 1 fully saturated rings. The van der Waals surface area contributed by atoms with E-state index in [0.29, 0.717) is 11.7 Å². The average molecular weight is 273 g/mol. The number of hydrogen-bond acceptors (Lipinski definition) is 3. The fourth-order valence-electron chi connectivity index (χ4n) is 2.38. The molecule has 6 heteroatoms. The van der Waals surface area contributed by atoms with Gasteiger partial charge in [-0.05, 0) is 38.7 Å². The number of halogens is 3. The predicted octanol–water partition coefficient (Wildman–Crippen LogP) is 2.43. The van der Waals surface area contributed by atoms with Crippen molar-refractivity contribution < 1.29 is 13.2 Å². The van der Waals surface area contributed by atoms with Crippen LogP contribution in [-0.2, 0) is 6.18 Å². The van der Waals surface area contributed by atoms with Crippen LogP contribution in [0.5, 0.6) is 0 Å². The van der Waals surface area contributed by atoms with E-state index >= 15 is 0 Å². The van der Waals surface area contributed by atoms with Gasteiger partial charge in [0.15, 0.2) is 0 Å². The summed E-state index contributed by atoms with van der Waals surface area (Å²) in [7, 11) is 3.96. The highest BCUT2D eigenvalue weighted by Crippen LogP contribution is 2.34. The normalized spacial score (nSPS) is 20.3. The van der Waals surface area contributed by atoms with Crippen LogP contribution >= 0.6 is 0 Å². The van der Waals surface area contributed by atoms with Gasteiger partial charge in [-0.25, -0.2) is 0 Å². The number of benzene rings is 1. The molecule has 1 heterocycles. The molecule has 0 bridgehead atoms. The van der Waals surface area contributed by atoms with Crippen LogP contribution in [0.1, 0.15) is 12.0 Å². The smallest absolute Gasteiger partial charge is 0.399 e. The second-order valence-corrected chi connectivity index (χ2v) is 5.16. The predicted molar refractivity (Wildman–Crippen MR) is 70.2 cm³/mol. The second kappa shape index (κ2) is 4.92. The summed E-state index contributed by atoms with van der Waals surface area (Å²) in [6, 6.07) is 4.13. The highest BCUT2D eigenvalue weighted by molar-refractivity contribution is 5.59. The molecule has 1 aliphatic heterocycles. The molecule has 106 valence electrons. The van der Waals surface area contributed by atoms with Crippen molar-refractivity contribution >= 4 is 11.4 Å². The molecule has 3 nitrogen and oxygen atoms in total. The zero-order chi connectivity index (χ0) is 14.2. The van der Waals surface area contributed by atoms with Crippen LogP contribution in [-0.4, -0.2) is 38.1 Å². The molecule has 1 aromatic carbocycles. The highest BCUT2D eigenvalue weighted by atomic mass is 19.4. The van der Waals surface area contributed by atoms with Crippen LogP contribution in [0.15, 0.2) is 18.2 Å². The Balaban J connectivity index is 2.24. The minimum atomic E-state index is -4.36. The molecular formula is C13H18F3N3. The molecule has 1 aromatic rings. The van der Waals surface area contributed by atoms with Gasteiger partial charge in [-0.3, -0.25) is 0 Å². The third kappa shape index (κ3) is 3.12. The van der Waals surface area contributed by atoms with Crippen LogP contribution in [0.4, 0.5) is 24.5 Å². The van der Waals surface area contributed by atoms with Gasteiger partial charge in [0.05, 0.1) is 5.56 Å². The van der Waals surface area contributed by atoms with E-state index in [0.717, 1.165) is 25.6 Å². The summed E-state index contributed by atoms with van der Waals surface area (Å²) in [5.74, 6) is 0. The van der Waals surface area contributed by atoms with E-state index in [1.807, 2.05) is 19.0 Å². The first-order chi connectivity index (χ1) is 8.77. The fraction of sp³-hybridized carbons (Fsp3) is 0.538. The molecule has 0 saturated carbocycles. The van der Waals surface area contributed by atoms with Crippen molar-refractivity contribution in [2.45, 2.75) is 18.6 Å². The van der Waals surface area contributed by atoms with Gasteiger partial charge in [0, 0.05) is 30.5 Å². The molecule has 19 heavy (non-hydrogen) atoms. The Bertz CT molecular complexity index is 457. The lowest BCUT2D eigenvalue weighted by atomic mass is 10.1. The van der Waals surface area contributed by atoms with Crippen LogP contribution < -0.4 is 10.6 Å². The van der Waals surface area contributed by atoms with Gasteiger partial charge >= 0.3 is 6.18 Å². The molecule has 1 saturated heterocycles. The minimum Gasteiger partial charge on any atom is -0.399 e. The molecule has 2 N–H and O–H groups in total. The summed E-state index contributed by atoms with van der Waals surface area (Å²) in [4.78, 5) is 4.05. The Morgan fingerprint density at radius 2 is 1.95 bits per heavy atom. The van der Waals surface area contributed by atoms with E-state index in [1.165, 1.54) is 6.07 Å². The Labute approximate surface area is 110 Å². The molecular weight excluding hydrogens is 255 g/mol. The van der Waals surface area contributed by atoms with E-state index in [2.05, 4.69) is 4.90 Å². The lowest BCUT2D eigenvalue weighted by Gasteiger charge is -2.23. The zero-order valence-corrected chi connectivity index (χ0v) is 11.0. The molecule has 0 aliphatic carbocycles. The van der Waals surface area contributed by atoms with E-state index in [1.54, 1.807) is 6.07 Å². The largest absolute Gasteiger partial charge is 0.416 e. The molecule has 1 unspecified atom stereocenters. The molecule has 2 rings (SSSR count). The number of nitrogens with two attached hydrogens (primary N) is 1. The lowest BCUT2D eigenvalue weighted by molar-refractivity contribution is -0.137. The van der Waals surface area contributed by atoms with Gasteiger partial charge in [0.2, 0.25) is 0 Å². The second-order valence-electron chi connectivity index (χ2n) is 5.16. The molecule has 0 aromatic heterocycles. The first-order valence-corrected chi connectivity index (χ1v) is 6.16. The van der Waals surface area contributed by atoms with Crippen molar-refractivity contribution in [1.82, 2.24) is 4.90 Å². The van der Waals surface area contributed by atoms with Gasteiger partial charge in [0.1, 0.15) is 0 Å². The number of anilines is 2. The van der Waals surface area contributed by atoms with Gasteiger partial charge < -0.3 is 15.5 Å². The Morgan fingerprint density at radius 1 is 1.26 bits per heavy atom. The van der Waals surface area contributed by atoms with E-state index < -0.39 is 11.7 Å². The van der Waals surface area contributed by atoms with Crippen LogP contribution in [0, 0.1) is 0 Å². The van der Waals surface area contributed by atoms with E-state index in [4.69, 9.17) is 5.73 Å². The van der Waals surface area contributed by atoms with Crippen molar-refractivity contribution in [2.24, 2.45) is 0 Å². The van der Waals surface area contributed by atoms with Gasteiger partial charge in [0.25, 0.3) is 0 Å². The van der Waals surface area contributed by atoms with Crippen molar-refractivity contribution in [1.29, 1.82) is 0 Å². The van der Waals surface area contributed by atoms with Crippen LogP contribution in [0.2, 0.25) is 0 Å². The summed E-state index contributed by atoms with van der Waals surface area (Å²) in [6.07, 6.45) is -3.41. The maximum Gasteiger partial charge on any atom is 0.416 e. The van der Waals surface area contributed by atoms with Crippen molar-refractivity contribution in [2.75, 3.05) is 37.8 Å². The van der Waals surface area contributed by atoms with Gasteiger partial charge in [-0.2, -0.15) is 13.2 Å². The highest BCUT2D eigenvalue weighted by Gasteiger charge is 2.32. The zero-order valence-electron chi connectivity index (χ0n) is 11.0. The number of rotatable bonds is 2. The Kier molecular flexibility index (Phi) is 3.62. The van der Waals surface area contributed by atoms with Gasteiger partial charge in [-0.15, -0.1) is 0 Å². The lowest BCUT2D eigenvalue weighted by Crippen LogP contribution is -2.31. The molecule has 0 amide bonds. The fourth-order valence-corrected chi connectivity index (χ4v) is 2.38. The van der Waals surface area contributed by atoms with Crippen molar-refractivity contribution in [3.05, 3.63) is 23.8 Å². The van der Waals surface area contributed by atoms with Crippen molar-refractivity contribution in [3.8, 4) is 0 Å². The monoisotopic (exact) mass is 273 g/mol. The van der Waals surface area contributed by atoms with Gasteiger partial charge in [-0.1, -0.05) is 0 Å². The topological polar surface area (TPSA) is 32.5 Å². The number of hydrogen-bond donors (Lipinski definition) is 1. The SMILES string of the molecule is CN(C)C1CCN(c2cc(N)cc(C(F)(F)F)c2)C1. The summed E-state index contributed by atoms with van der Waals surface area (Å²) in [6.45, 7) is 1.48.